The lowest BCUT2D eigenvalue weighted by Crippen LogP contribution is -2.58. The highest BCUT2D eigenvalue weighted by atomic mass is 35.6. The van der Waals surface area contributed by atoms with Gasteiger partial charge in [0.15, 0.2) is 11.3 Å². The van der Waals surface area contributed by atoms with Gasteiger partial charge < -0.3 is 25.6 Å². The van der Waals surface area contributed by atoms with Crippen LogP contribution in [0.3, 0.4) is 0 Å². The molecule has 0 heterocycles. The molecule has 2 amide bonds. The largest absolute Gasteiger partial charge is 0.465 e. The van der Waals surface area contributed by atoms with E-state index in [1.165, 1.54) is 12.0 Å². The van der Waals surface area contributed by atoms with Crippen molar-refractivity contribution < 1.29 is 14.3 Å². The highest BCUT2D eigenvalue weighted by molar-refractivity contribution is 7.80. The fourth-order valence-electron chi connectivity index (χ4n) is 2.03. The lowest BCUT2D eigenvalue weighted by molar-refractivity contribution is 0.0600. The molecule has 27 heavy (non-hydrogen) atoms. The first kappa shape index (κ1) is 23.6. The van der Waals surface area contributed by atoms with Crippen molar-refractivity contribution in [2.75, 3.05) is 25.5 Å². The zero-order valence-corrected chi connectivity index (χ0v) is 18.1. The Labute approximate surface area is 178 Å². The van der Waals surface area contributed by atoms with Gasteiger partial charge in [-0.05, 0) is 50.3 Å². The van der Waals surface area contributed by atoms with Gasteiger partial charge in [-0.25, -0.2) is 9.59 Å². The molecule has 0 saturated carbocycles. The van der Waals surface area contributed by atoms with Crippen molar-refractivity contribution in [2.24, 2.45) is 0 Å². The van der Waals surface area contributed by atoms with Crippen molar-refractivity contribution in [1.82, 2.24) is 15.5 Å². The number of hydrogen-bond donors (Lipinski definition) is 3. The fourth-order valence-corrected chi connectivity index (χ4v) is 2.59. The van der Waals surface area contributed by atoms with Gasteiger partial charge in [-0.1, -0.05) is 34.8 Å². The van der Waals surface area contributed by atoms with Crippen molar-refractivity contribution in [3.63, 3.8) is 0 Å². The van der Waals surface area contributed by atoms with E-state index in [1.807, 2.05) is 13.8 Å². The van der Waals surface area contributed by atoms with Crippen molar-refractivity contribution in [1.29, 1.82) is 0 Å². The van der Waals surface area contributed by atoms with Crippen molar-refractivity contribution in [3.05, 3.63) is 29.8 Å². The maximum atomic E-state index is 12.2. The van der Waals surface area contributed by atoms with Crippen LogP contribution in [-0.4, -0.2) is 52.2 Å². The second kappa shape index (κ2) is 10.8. The van der Waals surface area contributed by atoms with Gasteiger partial charge in [0.2, 0.25) is 3.79 Å². The number of alkyl halides is 3. The molecule has 1 aromatic carbocycles. The van der Waals surface area contributed by atoms with Gasteiger partial charge in [-0.3, -0.25) is 0 Å². The van der Waals surface area contributed by atoms with Crippen LogP contribution in [-0.2, 0) is 4.74 Å². The molecule has 150 valence electrons. The molecule has 0 aliphatic rings. The van der Waals surface area contributed by atoms with Crippen LogP contribution in [0.1, 0.15) is 24.2 Å². The smallest absolute Gasteiger partial charge is 0.337 e. The van der Waals surface area contributed by atoms with Crippen LogP contribution in [0, 0.1) is 0 Å². The highest BCUT2D eigenvalue weighted by Gasteiger charge is 2.35. The second-order valence-corrected chi connectivity index (χ2v) is 8.04. The number of rotatable bonds is 6. The number of thiocarbonyl (C=S) groups is 1. The van der Waals surface area contributed by atoms with Gasteiger partial charge in [0, 0.05) is 18.8 Å². The van der Waals surface area contributed by atoms with Crippen LogP contribution in [0.4, 0.5) is 10.5 Å². The molecule has 0 fully saturated rings. The number of hydrogen-bond acceptors (Lipinski definition) is 4. The number of benzene rings is 1. The summed E-state index contributed by atoms with van der Waals surface area (Å²) in [6.45, 7) is 4.68. The summed E-state index contributed by atoms with van der Waals surface area (Å²) >= 11 is 23.1. The lowest BCUT2D eigenvalue weighted by Gasteiger charge is -2.30. The monoisotopic (exact) mass is 454 g/mol. The Morgan fingerprint density at radius 3 is 2.15 bits per heavy atom. The number of anilines is 1. The minimum atomic E-state index is -1.84. The van der Waals surface area contributed by atoms with E-state index < -0.39 is 22.0 Å². The number of esters is 1. The molecule has 1 unspecified atom stereocenters. The molecule has 0 aliphatic heterocycles. The minimum Gasteiger partial charge on any atom is -0.465 e. The molecule has 0 aliphatic carbocycles. The summed E-state index contributed by atoms with van der Waals surface area (Å²) in [5, 5.41) is 8.37. The molecule has 7 nitrogen and oxygen atoms in total. The van der Waals surface area contributed by atoms with Gasteiger partial charge in [-0.2, -0.15) is 0 Å². The van der Waals surface area contributed by atoms with E-state index >= 15 is 0 Å². The molecular weight excluding hydrogens is 435 g/mol. The summed E-state index contributed by atoms with van der Waals surface area (Å²) in [5.74, 6) is -0.447. The average molecular weight is 456 g/mol. The molecule has 1 aromatic rings. The number of amides is 2. The maximum Gasteiger partial charge on any atom is 0.337 e. The van der Waals surface area contributed by atoms with E-state index in [2.05, 4.69) is 20.7 Å². The van der Waals surface area contributed by atoms with Crippen molar-refractivity contribution >= 4 is 69.8 Å². The van der Waals surface area contributed by atoms with E-state index in [4.69, 9.17) is 47.0 Å². The molecule has 1 rings (SSSR count). The zero-order chi connectivity index (χ0) is 20.6. The summed E-state index contributed by atoms with van der Waals surface area (Å²) in [5.41, 5.74) is 0.992. The van der Waals surface area contributed by atoms with E-state index in [9.17, 15) is 9.59 Å². The second-order valence-electron chi connectivity index (χ2n) is 5.26. The Balaban J connectivity index is 2.77. The molecule has 0 saturated heterocycles. The lowest BCUT2D eigenvalue weighted by atomic mass is 10.2. The molecule has 0 aromatic heterocycles. The highest BCUT2D eigenvalue weighted by Crippen LogP contribution is 2.29. The number of ether oxygens (including phenoxy) is 1. The topological polar surface area (TPSA) is 82.7 Å². The standard InChI is InChI=1S/C16H21Cl3N4O3S/c1-4-23(5-2)15(25)22-13(16(17,18)19)21-14(27)20-11-8-6-10(7-9-11)12(24)26-3/h6-9,13H,4-5H2,1-3H3,(H,22,25)(H2,20,21,27). The van der Waals surface area contributed by atoms with E-state index in [1.54, 1.807) is 24.3 Å². The average Bonchev–Trinajstić information content (AvgIpc) is 2.61. The molecule has 11 heteroatoms. The van der Waals surface area contributed by atoms with Crippen LogP contribution in [0.15, 0.2) is 24.3 Å². The molecule has 1 atom stereocenters. The predicted molar refractivity (Wildman–Crippen MR) is 113 cm³/mol. The van der Waals surface area contributed by atoms with E-state index in [-0.39, 0.29) is 5.11 Å². The normalized spacial score (nSPS) is 11.9. The fraction of sp³-hybridized carbons (Fsp3) is 0.438. The number of carbonyl (C=O) groups is 2. The third-order valence-electron chi connectivity index (χ3n) is 3.49. The summed E-state index contributed by atoms with van der Waals surface area (Å²) < 4.78 is 2.79. The summed E-state index contributed by atoms with van der Waals surface area (Å²) in [7, 11) is 1.30. The van der Waals surface area contributed by atoms with Gasteiger partial charge in [0.1, 0.15) is 0 Å². The molecule has 0 bridgehead atoms. The van der Waals surface area contributed by atoms with Crippen molar-refractivity contribution in [2.45, 2.75) is 23.8 Å². The van der Waals surface area contributed by atoms with Crippen LogP contribution >= 0.6 is 47.0 Å². The van der Waals surface area contributed by atoms with Crippen LogP contribution in [0.5, 0.6) is 0 Å². The Morgan fingerprint density at radius 1 is 1.15 bits per heavy atom. The Hall–Kier alpha value is -1.48. The molecular formula is C16H21Cl3N4O3S. The number of halogens is 3. The van der Waals surface area contributed by atoms with Gasteiger partial charge in [-0.15, -0.1) is 0 Å². The minimum absolute atomic E-state index is 0.122. The first-order valence-electron chi connectivity index (χ1n) is 8.00. The Morgan fingerprint density at radius 2 is 1.70 bits per heavy atom. The summed E-state index contributed by atoms with van der Waals surface area (Å²) in [4.78, 5) is 25.2. The van der Waals surface area contributed by atoms with E-state index in [0.717, 1.165) is 0 Å². The first-order chi connectivity index (χ1) is 12.6. The summed E-state index contributed by atoms with van der Waals surface area (Å²) in [6, 6.07) is 6.03. The number of methoxy groups -OCH3 is 1. The SMILES string of the molecule is CCN(CC)C(=O)NC(NC(=S)Nc1ccc(C(=O)OC)cc1)C(Cl)(Cl)Cl. The van der Waals surface area contributed by atoms with E-state index in [0.29, 0.717) is 24.3 Å². The van der Waals surface area contributed by atoms with Crippen LogP contribution in [0.2, 0.25) is 0 Å². The molecule has 0 radical (unpaired) electrons. The van der Waals surface area contributed by atoms with Crippen LogP contribution in [0.25, 0.3) is 0 Å². The predicted octanol–water partition coefficient (Wildman–Crippen LogP) is 3.51. The molecule has 3 N–H and O–H groups in total. The van der Waals surface area contributed by atoms with Crippen LogP contribution < -0.4 is 16.0 Å². The number of nitrogens with one attached hydrogen (secondary N) is 3. The quantitative estimate of drug-likeness (QED) is 0.263. The Kier molecular flexibility index (Phi) is 9.38. The van der Waals surface area contributed by atoms with Crippen molar-refractivity contribution in [3.8, 4) is 0 Å². The third-order valence-corrected chi connectivity index (χ3v) is 4.36. The summed E-state index contributed by atoms with van der Waals surface area (Å²) in [6.07, 6.45) is -1.06. The number of carbonyl (C=O) groups excluding carboxylic acids is 2. The number of nitrogens with zero attached hydrogens (tertiary/aromatic N) is 1. The first-order valence-corrected chi connectivity index (χ1v) is 9.54. The Bertz CT molecular complexity index is 664. The van der Waals surface area contributed by atoms with Gasteiger partial charge in [0.25, 0.3) is 0 Å². The maximum absolute atomic E-state index is 12.2. The van der Waals surface area contributed by atoms with Gasteiger partial charge >= 0.3 is 12.0 Å². The number of urea groups is 1. The molecule has 0 spiro atoms. The van der Waals surface area contributed by atoms with Gasteiger partial charge in [0.05, 0.1) is 12.7 Å². The third kappa shape index (κ3) is 7.57. The zero-order valence-electron chi connectivity index (χ0n) is 15.0.